The number of rotatable bonds is 8. The highest BCUT2D eigenvalue weighted by Gasteiger charge is 2.64. The molecule has 2 aromatic rings. The summed E-state index contributed by atoms with van der Waals surface area (Å²) in [6, 6.07) is 11.2. The first-order valence-corrected chi connectivity index (χ1v) is 16.0. The minimum Gasteiger partial charge on any atom is -0.460 e. The number of imide groups is 1. The first kappa shape index (κ1) is 36.7. The Morgan fingerprint density at radius 2 is 1.58 bits per heavy atom. The normalized spacial score (nSPS) is 20.5. The topological polar surface area (TPSA) is 149 Å². The second kappa shape index (κ2) is 13.7. The van der Waals surface area contributed by atoms with Gasteiger partial charge in [0.1, 0.15) is 22.8 Å². The van der Waals surface area contributed by atoms with Crippen molar-refractivity contribution in [3.8, 4) is 6.07 Å². The quantitative estimate of drug-likeness (QED) is 0.307. The second-order valence-corrected chi connectivity index (χ2v) is 14.8. The Kier molecular flexibility index (Phi) is 10.5. The smallest absolute Gasteiger partial charge is 0.332 e. The third-order valence-electron chi connectivity index (χ3n) is 7.86. The fraction of sp³-hybridized carbons (Fsp3) is 0.471. The Morgan fingerprint density at radius 1 is 1.00 bits per heavy atom. The van der Waals surface area contributed by atoms with E-state index in [9.17, 15) is 29.2 Å². The van der Waals surface area contributed by atoms with Crippen LogP contribution < -0.4 is 10.2 Å². The minimum absolute atomic E-state index is 0.0415. The standard InChI is InChI=1S/C34H39Cl2N5O7/c1-32(2,3)47-28(43)15-26(29(44)48-33(4,5)6)38-27(42)18-40-17-25(21-10-8-20(16-37)9-11-21)34(19-40)30(45)41(31(46)39(34)7)24-13-22(35)12-23(36)14-24/h8-14,25-26H,15,17-19H2,1-7H3,(H,38,42)/t25-,26?,34+/m0/s1. The molecule has 14 heteroatoms. The molecule has 0 radical (unpaired) electrons. The highest BCUT2D eigenvalue weighted by Crippen LogP contribution is 2.46. The van der Waals surface area contributed by atoms with Crippen molar-refractivity contribution >= 4 is 58.7 Å². The van der Waals surface area contributed by atoms with Crippen molar-refractivity contribution in [2.75, 3.05) is 31.6 Å². The lowest BCUT2D eigenvalue weighted by atomic mass is 9.80. The minimum atomic E-state index is -1.46. The number of nitrogens with one attached hydrogen (secondary N) is 1. The lowest BCUT2D eigenvalue weighted by Gasteiger charge is -2.34. The fourth-order valence-electron chi connectivity index (χ4n) is 5.97. The molecule has 1 spiro atoms. The summed E-state index contributed by atoms with van der Waals surface area (Å²) in [6.07, 6.45) is -0.456. The van der Waals surface area contributed by atoms with Gasteiger partial charge in [0.05, 0.1) is 30.3 Å². The van der Waals surface area contributed by atoms with Crippen molar-refractivity contribution in [3.05, 3.63) is 63.6 Å². The number of nitrogens with zero attached hydrogens (tertiary/aromatic N) is 4. The number of halogens is 2. The molecule has 0 aliphatic carbocycles. The van der Waals surface area contributed by atoms with E-state index in [-0.39, 0.29) is 35.4 Å². The first-order valence-electron chi connectivity index (χ1n) is 15.3. The molecule has 2 aliphatic rings. The SMILES string of the molecule is CN1C(=O)N(c2cc(Cl)cc(Cl)c2)C(=O)[C@]12CN(CC(=O)NC(CC(=O)OC(C)(C)C)C(=O)OC(C)(C)C)C[C@H]2c1ccc(C#N)cc1. The molecular weight excluding hydrogens is 661 g/mol. The molecule has 256 valence electrons. The number of ether oxygens (including phenoxy) is 2. The largest absolute Gasteiger partial charge is 0.460 e. The number of urea groups is 1. The van der Waals surface area contributed by atoms with Gasteiger partial charge in [-0.05, 0) is 77.4 Å². The molecular formula is C34H39Cl2N5O7. The van der Waals surface area contributed by atoms with Gasteiger partial charge in [-0.25, -0.2) is 14.5 Å². The van der Waals surface area contributed by atoms with E-state index in [0.717, 1.165) is 4.90 Å². The molecule has 48 heavy (non-hydrogen) atoms. The molecule has 2 aromatic carbocycles. The van der Waals surface area contributed by atoms with E-state index in [4.69, 9.17) is 32.7 Å². The van der Waals surface area contributed by atoms with Gasteiger partial charge in [0.25, 0.3) is 5.91 Å². The molecule has 2 aliphatic heterocycles. The van der Waals surface area contributed by atoms with Crippen molar-refractivity contribution < 1.29 is 33.4 Å². The lowest BCUT2D eigenvalue weighted by Crippen LogP contribution is -2.54. The van der Waals surface area contributed by atoms with Crippen molar-refractivity contribution in [1.82, 2.24) is 15.1 Å². The van der Waals surface area contributed by atoms with Gasteiger partial charge in [0, 0.05) is 36.1 Å². The van der Waals surface area contributed by atoms with Crippen LogP contribution in [0.15, 0.2) is 42.5 Å². The Labute approximate surface area is 289 Å². The van der Waals surface area contributed by atoms with Gasteiger partial charge < -0.3 is 19.7 Å². The Balaban J connectivity index is 1.65. The Bertz CT molecular complexity index is 1640. The molecule has 2 saturated heterocycles. The maximum atomic E-state index is 14.4. The first-order chi connectivity index (χ1) is 22.2. The van der Waals surface area contributed by atoms with E-state index >= 15 is 0 Å². The zero-order valence-corrected chi connectivity index (χ0v) is 29.4. The van der Waals surface area contributed by atoms with Gasteiger partial charge in [0.15, 0.2) is 0 Å². The molecule has 12 nitrogen and oxygen atoms in total. The van der Waals surface area contributed by atoms with Crippen LogP contribution in [0.2, 0.25) is 10.0 Å². The van der Waals surface area contributed by atoms with Gasteiger partial charge in [-0.2, -0.15) is 5.26 Å². The van der Waals surface area contributed by atoms with Gasteiger partial charge in [-0.1, -0.05) is 35.3 Å². The number of benzene rings is 2. The number of esters is 2. The molecule has 2 heterocycles. The van der Waals surface area contributed by atoms with Crippen molar-refractivity contribution in [1.29, 1.82) is 5.26 Å². The summed E-state index contributed by atoms with van der Waals surface area (Å²) in [6.45, 7) is 9.91. The Morgan fingerprint density at radius 3 is 2.12 bits per heavy atom. The van der Waals surface area contributed by atoms with E-state index in [0.29, 0.717) is 11.1 Å². The predicted octanol–water partition coefficient (Wildman–Crippen LogP) is 4.66. The zero-order chi connectivity index (χ0) is 35.8. The summed E-state index contributed by atoms with van der Waals surface area (Å²) in [5, 5.41) is 12.4. The Hall–Kier alpha value is -4.18. The highest BCUT2D eigenvalue weighted by atomic mass is 35.5. The van der Waals surface area contributed by atoms with Crippen LogP contribution in [0.4, 0.5) is 10.5 Å². The maximum absolute atomic E-state index is 14.4. The number of anilines is 1. The molecule has 2 fully saturated rings. The monoisotopic (exact) mass is 699 g/mol. The maximum Gasteiger partial charge on any atom is 0.332 e. The van der Waals surface area contributed by atoms with Gasteiger partial charge in [0.2, 0.25) is 5.91 Å². The average molecular weight is 701 g/mol. The molecule has 1 unspecified atom stereocenters. The third kappa shape index (κ3) is 8.09. The van der Waals surface area contributed by atoms with Gasteiger partial charge in [-0.3, -0.25) is 19.3 Å². The number of hydrogen-bond donors (Lipinski definition) is 1. The molecule has 4 rings (SSSR count). The fourth-order valence-corrected chi connectivity index (χ4v) is 6.49. The van der Waals surface area contributed by atoms with Crippen LogP contribution in [0.1, 0.15) is 65.0 Å². The number of nitriles is 1. The van der Waals surface area contributed by atoms with Crippen LogP contribution in [-0.2, 0) is 28.7 Å². The summed E-state index contributed by atoms with van der Waals surface area (Å²) in [5.74, 6) is -3.27. The van der Waals surface area contributed by atoms with Crippen LogP contribution in [-0.4, -0.2) is 89.0 Å². The molecule has 0 bridgehead atoms. The predicted molar refractivity (Wildman–Crippen MR) is 178 cm³/mol. The summed E-state index contributed by atoms with van der Waals surface area (Å²) >= 11 is 12.4. The van der Waals surface area contributed by atoms with Crippen molar-refractivity contribution in [2.45, 2.75) is 76.7 Å². The summed E-state index contributed by atoms with van der Waals surface area (Å²) < 4.78 is 10.8. The zero-order valence-electron chi connectivity index (χ0n) is 27.9. The van der Waals surface area contributed by atoms with Crippen LogP contribution in [0, 0.1) is 11.3 Å². The molecule has 0 saturated carbocycles. The van der Waals surface area contributed by atoms with Crippen LogP contribution in [0.3, 0.4) is 0 Å². The van der Waals surface area contributed by atoms with E-state index in [2.05, 4.69) is 11.4 Å². The third-order valence-corrected chi connectivity index (χ3v) is 8.30. The van der Waals surface area contributed by atoms with E-state index in [1.807, 2.05) is 0 Å². The van der Waals surface area contributed by atoms with E-state index in [1.165, 1.54) is 30.1 Å². The number of carbonyl (C=O) groups excluding carboxylic acids is 5. The molecule has 0 aromatic heterocycles. The number of amides is 4. The summed E-state index contributed by atoms with van der Waals surface area (Å²) in [5.41, 5.74) is -1.87. The number of carbonyl (C=O) groups is 5. The second-order valence-electron chi connectivity index (χ2n) is 13.9. The van der Waals surface area contributed by atoms with Crippen LogP contribution >= 0.6 is 23.2 Å². The molecule has 1 N–H and O–H groups in total. The lowest BCUT2D eigenvalue weighted by molar-refractivity contribution is -0.165. The van der Waals surface area contributed by atoms with Crippen LogP contribution in [0.25, 0.3) is 0 Å². The van der Waals surface area contributed by atoms with Crippen molar-refractivity contribution in [2.24, 2.45) is 0 Å². The number of hydrogen-bond acceptors (Lipinski definition) is 9. The van der Waals surface area contributed by atoms with Gasteiger partial charge in [-0.15, -0.1) is 0 Å². The van der Waals surface area contributed by atoms with E-state index < -0.39 is 64.9 Å². The molecule has 4 amide bonds. The molecule has 3 atom stereocenters. The highest BCUT2D eigenvalue weighted by molar-refractivity contribution is 6.35. The summed E-state index contributed by atoms with van der Waals surface area (Å²) in [4.78, 5) is 71.5. The summed E-state index contributed by atoms with van der Waals surface area (Å²) in [7, 11) is 1.52. The average Bonchev–Trinajstić information content (AvgIpc) is 3.41. The van der Waals surface area contributed by atoms with E-state index in [1.54, 1.807) is 70.7 Å². The van der Waals surface area contributed by atoms with Gasteiger partial charge >= 0.3 is 18.0 Å². The number of likely N-dealkylation sites (tertiary alicyclic amines) is 1. The number of likely N-dealkylation sites (N-methyl/N-ethyl adjacent to an activating group) is 1. The van der Waals surface area contributed by atoms with Crippen molar-refractivity contribution in [3.63, 3.8) is 0 Å². The van der Waals surface area contributed by atoms with Crippen LogP contribution in [0.5, 0.6) is 0 Å².